The number of halogens is 3. The van der Waals surface area contributed by atoms with Crippen molar-refractivity contribution in [2.24, 2.45) is 0 Å². The van der Waals surface area contributed by atoms with Crippen LogP contribution in [-0.4, -0.2) is 24.0 Å². The average Bonchev–Trinajstić information content (AvgIpc) is 3.09. The summed E-state index contributed by atoms with van der Waals surface area (Å²) in [5.74, 6) is -0.452. The highest BCUT2D eigenvalue weighted by Crippen LogP contribution is 2.35. The molecule has 0 fully saturated rings. The number of ether oxygens (including phenoxy) is 1. The molecule has 1 heterocycles. The average molecular weight is 352 g/mol. The second-order valence-electron chi connectivity index (χ2n) is 5.09. The molecule has 5 nitrogen and oxygen atoms in total. The van der Waals surface area contributed by atoms with E-state index in [9.17, 15) is 18.0 Å². The van der Waals surface area contributed by atoms with E-state index in [4.69, 9.17) is 14.4 Å². The van der Waals surface area contributed by atoms with Crippen molar-refractivity contribution in [1.82, 2.24) is 4.90 Å². The fraction of sp³-hybridized carbons (Fsp3) is 0.294. The summed E-state index contributed by atoms with van der Waals surface area (Å²) in [6.07, 6.45) is -3.04. The van der Waals surface area contributed by atoms with E-state index in [2.05, 4.69) is 0 Å². The molecule has 0 saturated carbocycles. The molecule has 1 aromatic carbocycles. The Morgan fingerprint density at radius 2 is 2.00 bits per heavy atom. The molecule has 25 heavy (non-hydrogen) atoms. The van der Waals surface area contributed by atoms with Gasteiger partial charge in [0.25, 0.3) is 5.91 Å². The number of hydrogen-bond donors (Lipinski definition) is 0. The summed E-state index contributed by atoms with van der Waals surface area (Å²) in [7, 11) is 0. The van der Waals surface area contributed by atoms with Crippen molar-refractivity contribution in [3.05, 3.63) is 54.0 Å². The number of alkyl halides is 3. The van der Waals surface area contributed by atoms with E-state index in [-0.39, 0.29) is 19.5 Å². The van der Waals surface area contributed by atoms with Gasteiger partial charge in [-0.3, -0.25) is 4.79 Å². The van der Waals surface area contributed by atoms with Gasteiger partial charge < -0.3 is 14.1 Å². The Bertz CT molecular complexity index is 736. The first-order valence-corrected chi connectivity index (χ1v) is 7.38. The first kappa shape index (κ1) is 18.4. The van der Waals surface area contributed by atoms with Crippen molar-refractivity contribution in [2.45, 2.75) is 19.1 Å². The van der Waals surface area contributed by atoms with E-state index in [0.717, 1.165) is 12.1 Å². The number of carbonyl (C=O) groups excluding carboxylic acids is 1. The third-order valence-electron chi connectivity index (χ3n) is 3.32. The fourth-order valence-electron chi connectivity index (χ4n) is 2.13. The molecule has 0 aliphatic carbocycles. The Kier molecular flexibility index (Phi) is 6.06. The summed E-state index contributed by atoms with van der Waals surface area (Å²) in [5.41, 5.74) is -0.947. The lowest BCUT2D eigenvalue weighted by atomic mass is 10.2. The number of rotatable bonds is 7. The number of nitrogens with zero attached hydrogens (tertiary/aromatic N) is 2. The maximum Gasteiger partial charge on any atom is 0.419 e. The predicted molar refractivity (Wildman–Crippen MR) is 81.3 cm³/mol. The lowest BCUT2D eigenvalue weighted by Crippen LogP contribution is -2.35. The van der Waals surface area contributed by atoms with E-state index in [1.807, 2.05) is 6.07 Å². The van der Waals surface area contributed by atoms with Gasteiger partial charge in [-0.05, 0) is 24.3 Å². The molecule has 0 bridgehead atoms. The van der Waals surface area contributed by atoms with Crippen molar-refractivity contribution < 1.29 is 27.1 Å². The Balaban J connectivity index is 2.05. The van der Waals surface area contributed by atoms with Crippen LogP contribution in [0.1, 0.15) is 17.7 Å². The fourth-order valence-corrected chi connectivity index (χ4v) is 2.13. The van der Waals surface area contributed by atoms with Crippen molar-refractivity contribution in [1.29, 1.82) is 5.26 Å². The molecular formula is C17H15F3N2O3. The molecule has 8 heteroatoms. The van der Waals surface area contributed by atoms with Gasteiger partial charge in [0.15, 0.2) is 6.61 Å². The molecule has 0 aliphatic heterocycles. The molecule has 1 amide bonds. The van der Waals surface area contributed by atoms with Crippen LogP contribution in [0.4, 0.5) is 13.2 Å². The van der Waals surface area contributed by atoms with Crippen LogP contribution >= 0.6 is 0 Å². The number of amides is 1. The van der Waals surface area contributed by atoms with E-state index in [1.54, 1.807) is 12.1 Å². The van der Waals surface area contributed by atoms with Crippen molar-refractivity contribution in [3.8, 4) is 11.8 Å². The van der Waals surface area contributed by atoms with Gasteiger partial charge >= 0.3 is 6.18 Å². The Labute approximate surface area is 142 Å². The minimum absolute atomic E-state index is 0.0889. The molecule has 0 unspecified atom stereocenters. The number of para-hydroxylation sites is 1. The topological polar surface area (TPSA) is 66.5 Å². The molecule has 0 atom stereocenters. The summed E-state index contributed by atoms with van der Waals surface area (Å²) in [5, 5.41) is 8.69. The van der Waals surface area contributed by atoms with Crippen LogP contribution in [-0.2, 0) is 17.5 Å². The van der Waals surface area contributed by atoms with E-state index >= 15 is 0 Å². The maximum atomic E-state index is 12.9. The molecule has 0 N–H and O–H groups in total. The molecular weight excluding hydrogens is 337 g/mol. The van der Waals surface area contributed by atoms with E-state index in [1.165, 1.54) is 23.3 Å². The van der Waals surface area contributed by atoms with Crippen LogP contribution in [0.2, 0.25) is 0 Å². The Hall–Kier alpha value is -2.95. The van der Waals surface area contributed by atoms with Crippen LogP contribution in [0, 0.1) is 11.3 Å². The normalized spacial score (nSPS) is 11.0. The first-order chi connectivity index (χ1) is 11.9. The van der Waals surface area contributed by atoms with Gasteiger partial charge in [0.05, 0.1) is 30.9 Å². The van der Waals surface area contributed by atoms with E-state index in [0.29, 0.717) is 5.76 Å². The second kappa shape index (κ2) is 8.24. The quantitative estimate of drug-likeness (QED) is 0.763. The summed E-state index contributed by atoms with van der Waals surface area (Å²) in [4.78, 5) is 13.6. The standard InChI is InChI=1S/C17H15F3N2O3/c18-17(19,20)14-6-1-2-7-15(14)25-12-16(23)22(9-4-8-21)11-13-5-3-10-24-13/h1-3,5-7,10H,4,9,11-12H2. The Morgan fingerprint density at radius 1 is 1.24 bits per heavy atom. The molecule has 132 valence electrons. The highest BCUT2D eigenvalue weighted by atomic mass is 19.4. The van der Waals surface area contributed by atoms with Gasteiger partial charge in [-0.15, -0.1) is 0 Å². The second-order valence-corrected chi connectivity index (χ2v) is 5.09. The molecule has 0 radical (unpaired) electrons. The van der Waals surface area contributed by atoms with Crippen LogP contribution in [0.15, 0.2) is 47.1 Å². The van der Waals surface area contributed by atoms with Crippen LogP contribution < -0.4 is 4.74 Å². The summed E-state index contributed by atoms with van der Waals surface area (Å²) >= 11 is 0. The lowest BCUT2D eigenvalue weighted by molar-refractivity contribution is -0.141. The first-order valence-electron chi connectivity index (χ1n) is 7.38. The zero-order valence-corrected chi connectivity index (χ0v) is 13.1. The Morgan fingerprint density at radius 3 is 2.64 bits per heavy atom. The highest BCUT2D eigenvalue weighted by molar-refractivity contribution is 5.77. The van der Waals surface area contributed by atoms with Gasteiger partial charge in [0, 0.05) is 6.54 Å². The molecule has 0 saturated heterocycles. The van der Waals surface area contributed by atoms with Crippen molar-refractivity contribution >= 4 is 5.91 Å². The van der Waals surface area contributed by atoms with Gasteiger partial charge in [0.2, 0.25) is 0 Å². The molecule has 2 rings (SSSR count). The van der Waals surface area contributed by atoms with Crippen LogP contribution in [0.5, 0.6) is 5.75 Å². The molecule has 2 aromatic rings. The SMILES string of the molecule is N#CCCN(Cc1ccco1)C(=O)COc1ccccc1C(F)(F)F. The zero-order valence-electron chi connectivity index (χ0n) is 13.1. The molecule has 0 spiro atoms. The smallest absolute Gasteiger partial charge is 0.419 e. The number of furan rings is 1. The number of nitriles is 1. The van der Waals surface area contributed by atoms with Gasteiger partial charge in [-0.25, -0.2) is 0 Å². The summed E-state index contributed by atoms with van der Waals surface area (Å²) < 4.78 is 49.0. The number of hydrogen-bond acceptors (Lipinski definition) is 4. The number of carbonyl (C=O) groups is 1. The van der Waals surface area contributed by atoms with Gasteiger partial charge in [0.1, 0.15) is 11.5 Å². The summed E-state index contributed by atoms with van der Waals surface area (Å²) in [6, 6.07) is 9.91. The predicted octanol–water partition coefficient (Wildman–Crippen LogP) is 3.62. The third-order valence-corrected chi connectivity index (χ3v) is 3.32. The monoisotopic (exact) mass is 352 g/mol. The minimum atomic E-state index is -4.58. The van der Waals surface area contributed by atoms with Crippen LogP contribution in [0.3, 0.4) is 0 Å². The van der Waals surface area contributed by atoms with Crippen LogP contribution in [0.25, 0.3) is 0 Å². The highest BCUT2D eigenvalue weighted by Gasteiger charge is 2.34. The number of benzene rings is 1. The zero-order chi connectivity index (χ0) is 18.3. The van der Waals surface area contributed by atoms with Gasteiger partial charge in [-0.1, -0.05) is 12.1 Å². The maximum absolute atomic E-state index is 12.9. The van der Waals surface area contributed by atoms with Crippen molar-refractivity contribution in [3.63, 3.8) is 0 Å². The molecule has 0 aliphatic rings. The largest absolute Gasteiger partial charge is 0.483 e. The lowest BCUT2D eigenvalue weighted by Gasteiger charge is -2.21. The van der Waals surface area contributed by atoms with E-state index < -0.39 is 30.0 Å². The minimum Gasteiger partial charge on any atom is -0.483 e. The molecule has 1 aromatic heterocycles. The van der Waals surface area contributed by atoms with Gasteiger partial charge in [-0.2, -0.15) is 18.4 Å². The third kappa shape index (κ3) is 5.28. The van der Waals surface area contributed by atoms with Crippen molar-refractivity contribution in [2.75, 3.05) is 13.2 Å². The summed E-state index contributed by atoms with van der Waals surface area (Å²) in [6.45, 7) is -0.336.